The molecule has 0 radical (unpaired) electrons. The third kappa shape index (κ3) is 8.11. The highest BCUT2D eigenvalue weighted by atomic mass is 16.8. The van der Waals surface area contributed by atoms with Crippen LogP contribution in [0.25, 0.3) is 0 Å². The Morgan fingerprint density at radius 3 is 1.29 bits per heavy atom. The molecule has 7 heteroatoms. The Labute approximate surface area is 453 Å². The van der Waals surface area contributed by atoms with Crippen LogP contribution in [0.2, 0.25) is 0 Å². The molecule has 10 fully saturated rings. The zero-order valence-corrected chi connectivity index (χ0v) is 48.2. The summed E-state index contributed by atoms with van der Waals surface area (Å²) in [6, 6.07) is 19.3. The fourth-order valence-corrected chi connectivity index (χ4v) is 22.3. The molecule has 12 rings (SSSR count). The number of hydrogen-bond donors (Lipinski definition) is 0. The minimum Gasteiger partial charge on any atom is -0.459 e. The lowest BCUT2D eigenvalue weighted by molar-refractivity contribution is -0.467. The lowest BCUT2D eigenvalue weighted by Gasteiger charge is -2.65. The molecule has 412 valence electrons. The molecule has 0 N–H and O–H groups in total. The molecule has 8 aliphatic carbocycles. The Bertz CT molecular complexity index is 2220. The molecule has 75 heavy (non-hydrogen) atoms. The van der Waals surface area contributed by atoms with Crippen LogP contribution in [0.5, 0.6) is 0 Å². The molecule has 8 saturated carbocycles. The third-order valence-electron chi connectivity index (χ3n) is 25.7. The minimum absolute atomic E-state index is 0.00358. The molecule has 2 heterocycles. The highest BCUT2D eigenvalue weighted by Crippen LogP contribution is 2.81. The highest BCUT2D eigenvalue weighted by molar-refractivity contribution is 5.90. The van der Waals surface area contributed by atoms with Crippen molar-refractivity contribution >= 4 is 11.9 Å². The summed E-state index contributed by atoms with van der Waals surface area (Å²) in [6.07, 6.45) is 21.6. The van der Waals surface area contributed by atoms with E-state index in [4.69, 9.17) is 23.7 Å². The van der Waals surface area contributed by atoms with Crippen LogP contribution in [0.15, 0.2) is 60.7 Å². The van der Waals surface area contributed by atoms with E-state index in [1.807, 2.05) is 60.7 Å². The summed E-state index contributed by atoms with van der Waals surface area (Å²) < 4.78 is 38.2. The van der Waals surface area contributed by atoms with Gasteiger partial charge in [-0.25, -0.2) is 9.59 Å². The van der Waals surface area contributed by atoms with Crippen LogP contribution in [0, 0.1) is 105 Å². The first-order chi connectivity index (χ1) is 35.9. The van der Waals surface area contributed by atoms with Crippen LogP contribution < -0.4 is 0 Å². The lowest BCUT2D eigenvalue weighted by atomic mass is 9.53. The first-order valence-corrected chi connectivity index (χ1v) is 31.4. The van der Waals surface area contributed by atoms with E-state index in [1.165, 1.54) is 89.9 Å². The fourth-order valence-electron chi connectivity index (χ4n) is 22.3. The molecular formula is C68H98O7. The Kier molecular flexibility index (Phi) is 13.8. The van der Waals surface area contributed by atoms with Gasteiger partial charge in [-0.05, 0) is 183 Å². The average Bonchev–Trinajstić information content (AvgIpc) is 4.24. The maximum atomic E-state index is 14.1. The molecule has 0 aromatic heterocycles. The topological polar surface area (TPSA) is 80.3 Å². The number of benzene rings is 2. The van der Waals surface area contributed by atoms with Gasteiger partial charge in [0, 0.05) is 35.5 Å². The molecule has 10 aliphatic rings. The van der Waals surface area contributed by atoms with Crippen LogP contribution in [0.4, 0.5) is 0 Å². The number of ether oxygens (including phenoxy) is 5. The Morgan fingerprint density at radius 2 is 0.907 bits per heavy atom. The standard InChI is InChI=1S/C68H98O7/c1-41(2)19-17-21-43(5)49-27-29-51-55-53(33-35-63(49,51)7)65(9)37-31-47(71-59(69)45-23-13-11-14-24-45)39-67(65)57(55)61-73-62(75-67)58-56-52-30-28-50(44(6)22-18-20-42(3)4)64(52,8)36-34-54(56)66(10)38-32-48(40-68(58,66)74-61)72-60(70)46-25-15-12-16-26-46/h11-16,23-26,41-44,47-58,61-62H,17-22,27-40H2,1-10H3/t43-,44-,47+,48+,49-,50-,51+,52+,53+,54+,55+,56+,57+,58+,61+,62+,63-,64-,65-,66-,67-,68-/m1/s1. The molecule has 2 spiro atoms. The predicted octanol–water partition coefficient (Wildman–Crippen LogP) is 16.3. The van der Waals surface area contributed by atoms with Crippen molar-refractivity contribution in [2.45, 2.75) is 234 Å². The van der Waals surface area contributed by atoms with Gasteiger partial charge in [-0.3, -0.25) is 0 Å². The number of fused-ring (bicyclic) bond motifs is 14. The van der Waals surface area contributed by atoms with E-state index < -0.39 is 23.8 Å². The van der Waals surface area contributed by atoms with E-state index in [9.17, 15) is 9.59 Å². The van der Waals surface area contributed by atoms with Gasteiger partial charge in [0.05, 0.1) is 22.3 Å². The van der Waals surface area contributed by atoms with Crippen molar-refractivity contribution in [3.8, 4) is 0 Å². The fraction of sp³-hybridized carbons (Fsp3) is 0.794. The molecular weight excluding hydrogens is 929 g/mol. The van der Waals surface area contributed by atoms with E-state index in [-0.39, 0.29) is 57.6 Å². The zero-order valence-electron chi connectivity index (χ0n) is 48.2. The molecule has 0 amide bonds. The van der Waals surface area contributed by atoms with E-state index in [2.05, 4.69) is 69.2 Å². The molecule has 0 unspecified atom stereocenters. The van der Waals surface area contributed by atoms with Gasteiger partial charge in [0.25, 0.3) is 0 Å². The second-order valence-electron chi connectivity index (χ2n) is 29.7. The number of carbonyl (C=O) groups excluding carboxylic acids is 2. The van der Waals surface area contributed by atoms with Gasteiger partial charge in [0.15, 0.2) is 12.6 Å². The summed E-state index contributed by atoms with van der Waals surface area (Å²) >= 11 is 0. The van der Waals surface area contributed by atoms with Gasteiger partial charge in [0.1, 0.15) is 12.2 Å². The van der Waals surface area contributed by atoms with Crippen molar-refractivity contribution in [1.29, 1.82) is 0 Å². The van der Waals surface area contributed by atoms with Gasteiger partial charge in [-0.2, -0.15) is 0 Å². The van der Waals surface area contributed by atoms with Gasteiger partial charge < -0.3 is 23.7 Å². The molecule has 2 aliphatic heterocycles. The first-order valence-electron chi connectivity index (χ1n) is 31.4. The quantitative estimate of drug-likeness (QED) is 0.174. The second kappa shape index (κ2) is 19.5. The monoisotopic (exact) mass is 1030 g/mol. The number of esters is 2. The van der Waals surface area contributed by atoms with Gasteiger partial charge in [0.2, 0.25) is 0 Å². The highest BCUT2D eigenvalue weighted by Gasteiger charge is 2.83. The van der Waals surface area contributed by atoms with E-state index in [0.717, 1.165) is 37.5 Å². The SMILES string of the molecule is CC(C)CCC[C@@H](C)[C@H]1CC[C@H]2[C@@H]3[C@H]4[C@H]5O[C@@H](O[C@]46C[C@@H](OC(=O)c4ccccc4)CC[C@]6(C)[C@H]3CC[C@]12C)[C@@H]1[C@H]2[C@@H]3CC[C@H]([C@H](C)CCCC(C)C)[C@@]3(C)CC[C@@H]2[C@@]2(C)CC[C@H](OC(=O)c3ccccc3)C[C@@]12O5. The lowest BCUT2D eigenvalue weighted by Crippen LogP contribution is -2.73. The Morgan fingerprint density at radius 1 is 0.507 bits per heavy atom. The largest absolute Gasteiger partial charge is 0.459 e. The van der Waals surface area contributed by atoms with Gasteiger partial charge >= 0.3 is 11.9 Å². The maximum absolute atomic E-state index is 14.1. The molecule has 22 atom stereocenters. The van der Waals surface area contributed by atoms with Crippen LogP contribution in [0.1, 0.15) is 218 Å². The number of carbonyl (C=O) groups is 2. The van der Waals surface area contributed by atoms with Crippen LogP contribution in [-0.4, -0.2) is 47.9 Å². The molecule has 7 nitrogen and oxygen atoms in total. The summed E-state index contributed by atoms with van der Waals surface area (Å²) in [7, 11) is 0. The minimum atomic E-state index is -0.576. The molecule has 2 bridgehead atoms. The maximum Gasteiger partial charge on any atom is 0.338 e. The van der Waals surface area contributed by atoms with Crippen molar-refractivity contribution < 1.29 is 33.3 Å². The van der Waals surface area contributed by atoms with Crippen molar-refractivity contribution in [1.82, 2.24) is 0 Å². The van der Waals surface area contributed by atoms with E-state index >= 15 is 0 Å². The van der Waals surface area contributed by atoms with Crippen molar-refractivity contribution in [2.75, 3.05) is 0 Å². The normalized spacial score (nSPS) is 46.8. The van der Waals surface area contributed by atoms with E-state index in [1.54, 1.807) is 0 Å². The Balaban J connectivity index is 0.951. The van der Waals surface area contributed by atoms with Crippen molar-refractivity contribution in [3.63, 3.8) is 0 Å². The average molecular weight is 1030 g/mol. The van der Waals surface area contributed by atoms with Crippen molar-refractivity contribution in [2.24, 2.45) is 105 Å². The number of hydrogen-bond acceptors (Lipinski definition) is 7. The molecule has 2 aromatic carbocycles. The van der Waals surface area contributed by atoms with Crippen molar-refractivity contribution in [3.05, 3.63) is 71.8 Å². The van der Waals surface area contributed by atoms with Crippen LogP contribution >= 0.6 is 0 Å². The summed E-state index contributed by atoms with van der Waals surface area (Å²) in [5.41, 5.74) is 0.310. The Hall–Kier alpha value is -2.74. The third-order valence-corrected chi connectivity index (χ3v) is 25.7. The summed E-state index contributed by atoms with van der Waals surface area (Å²) in [4.78, 5) is 28.3. The summed E-state index contributed by atoms with van der Waals surface area (Å²) in [5, 5.41) is 0. The second-order valence-corrected chi connectivity index (χ2v) is 29.7. The molecule has 2 saturated heterocycles. The smallest absolute Gasteiger partial charge is 0.338 e. The predicted molar refractivity (Wildman–Crippen MR) is 295 cm³/mol. The van der Waals surface area contributed by atoms with Gasteiger partial charge in [-0.15, -0.1) is 0 Å². The van der Waals surface area contributed by atoms with E-state index in [0.29, 0.717) is 83.1 Å². The summed E-state index contributed by atoms with van der Waals surface area (Å²) in [5.74, 6) is 6.65. The molecule has 2 aromatic rings. The van der Waals surface area contributed by atoms with Gasteiger partial charge in [-0.1, -0.05) is 144 Å². The zero-order chi connectivity index (χ0) is 52.5. The summed E-state index contributed by atoms with van der Waals surface area (Å²) in [6.45, 7) is 25.3. The van der Waals surface area contributed by atoms with Crippen LogP contribution in [-0.2, 0) is 23.7 Å². The first kappa shape index (κ1) is 52.9. The number of rotatable bonds is 14. The van der Waals surface area contributed by atoms with Crippen LogP contribution in [0.3, 0.4) is 0 Å².